The Balaban J connectivity index is 1.55. The number of urea groups is 1. The summed E-state index contributed by atoms with van der Waals surface area (Å²) < 4.78 is 31.4. The van der Waals surface area contributed by atoms with Gasteiger partial charge >= 0.3 is 11.3 Å². The van der Waals surface area contributed by atoms with Crippen LogP contribution in [0.1, 0.15) is 28.4 Å². The van der Waals surface area contributed by atoms with Crippen LogP contribution in [-0.2, 0) is 32.4 Å². The molecule has 0 radical (unpaired) electrons. The van der Waals surface area contributed by atoms with Crippen LogP contribution in [0.5, 0.6) is 0 Å². The molecule has 2 aliphatic rings. The fraction of sp³-hybridized carbons (Fsp3) is 0.318. The molecular weight excluding hydrogens is 420 g/mol. The van der Waals surface area contributed by atoms with Crippen LogP contribution in [0, 0.1) is 5.92 Å². The minimum absolute atomic E-state index is 0.0598. The van der Waals surface area contributed by atoms with Gasteiger partial charge in [-0.2, -0.15) is 0 Å². The van der Waals surface area contributed by atoms with Crippen molar-refractivity contribution >= 4 is 27.1 Å². The summed E-state index contributed by atoms with van der Waals surface area (Å²) in [5, 5.41) is 0.102. The third kappa shape index (κ3) is 4.32. The van der Waals surface area contributed by atoms with Gasteiger partial charge in [0.25, 0.3) is 9.84 Å². The van der Waals surface area contributed by atoms with Crippen molar-refractivity contribution < 1.29 is 27.5 Å². The number of carbonyl (C=O) groups excluding carboxylic acids is 3. The molecule has 3 amide bonds. The Morgan fingerprint density at radius 1 is 1.06 bits per heavy atom. The second kappa shape index (κ2) is 8.50. The first-order valence-corrected chi connectivity index (χ1v) is 11.5. The molecule has 2 atom stereocenters. The molecule has 162 valence electrons. The van der Waals surface area contributed by atoms with Gasteiger partial charge in [0.15, 0.2) is 0 Å². The van der Waals surface area contributed by atoms with Gasteiger partial charge in [-0.3, -0.25) is 9.69 Å². The molecule has 0 saturated carbocycles. The molecule has 2 aromatic rings. The summed E-state index contributed by atoms with van der Waals surface area (Å²) in [6, 6.07) is 15.4. The zero-order chi connectivity index (χ0) is 22.0. The van der Waals surface area contributed by atoms with Crippen molar-refractivity contribution in [1.82, 2.24) is 10.2 Å². The van der Waals surface area contributed by atoms with Crippen LogP contribution in [0.3, 0.4) is 0 Å². The Labute approximate surface area is 180 Å². The second-order valence-electron chi connectivity index (χ2n) is 7.73. The lowest BCUT2D eigenvalue weighted by molar-refractivity contribution is -0.125. The number of benzene rings is 2. The molecule has 1 saturated heterocycles. The van der Waals surface area contributed by atoms with Crippen molar-refractivity contribution in [1.29, 1.82) is 0 Å². The Hall–Kier alpha value is -3.20. The molecule has 9 heteroatoms. The number of nitrogens with one attached hydrogen (secondary N) is 1. The average molecular weight is 442 g/mol. The molecule has 1 unspecified atom stereocenters. The highest BCUT2D eigenvalue weighted by atomic mass is 32.2. The monoisotopic (exact) mass is 442 g/mol. The average Bonchev–Trinajstić information content (AvgIpc) is 3.09. The highest BCUT2D eigenvalue weighted by Crippen LogP contribution is 2.39. The van der Waals surface area contributed by atoms with Gasteiger partial charge in [0.05, 0.1) is 11.8 Å². The molecule has 31 heavy (non-hydrogen) atoms. The van der Waals surface area contributed by atoms with E-state index in [0.29, 0.717) is 17.5 Å². The van der Waals surface area contributed by atoms with Gasteiger partial charge in [-0.05, 0) is 35.4 Å². The summed E-state index contributed by atoms with van der Waals surface area (Å²) in [6.45, 7) is -0.0983. The first kappa shape index (κ1) is 21.0. The highest BCUT2D eigenvalue weighted by Gasteiger charge is 2.42. The molecule has 1 N–H and O–H groups in total. The summed E-state index contributed by atoms with van der Waals surface area (Å²) >= 11 is 0. The molecule has 0 spiro atoms. The van der Waals surface area contributed by atoms with E-state index < -0.39 is 26.4 Å². The van der Waals surface area contributed by atoms with Crippen molar-refractivity contribution in [2.24, 2.45) is 5.92 Å². The molecule has 4 rings (SSSR count). The Morgan fingerprint density at radius 3 is 2.48 bits per heavy atom. The van der Waals surface area contributed by atoms with E-state index in [1.807, 2.05) is 12.1 Å². The third-order valence-electron chi connectivity index (χ3n) is 5.64. The third-order valence-corrected chi connectivity index (χ3v) is 7.42. The first-order chi connectivity index (χ1) is 14.9. The summed E-state index contributed by atoms with van der Waals surface area (Å²) in [6.07, 6.45) is 0.634. The molecule has 0 bridgehead atoms. The van der Waals surface area contributed by atoms with E-state index in [1.54, 1.807) is 42.5 Å². The van der Waals surface area contributed by atoms with Gasteiger partial charge in [0, 0.05) is 6.54 Å². The lowest BCUT2D eigenvalue weighted by atomic mass is 9.83. The minimum atomic E-state index is -4.30. The molecule has 8 nitrogen and oxygen atoms in total. The number of hydrogen-bond acceptors (Lipinski definition) is 6. The van der Waals surface area contributed by atoms with Gasteiger partial charge in [0.1, 0.15) is 6.61 Å². The summed E-state index contributed by atoms with van der Waals surface area (Å²) in [5.41, 5.74) is 2.04. The van der Waals surface area contributed by atoms with E-state index >= 15 is 0 Å². The van der Waals surface area contributed by atoms with E-state index in [4.69, 9.17) is 4.74 Å². The SMILES string of the molecule is O=C1CNC(=O)N1C[C@@H]1Cc2ccccc2C(S(=O)(=O)C(=O)OCc2ccccc2)C1. The number of carbonyl (C=O) groups is 3. The number of imide groups is 1. The van der Waals surface area contributed by atoms with Crippen LogP contribution in [-0.4, -0.2) is 43.6 Å². The van der Waals surface area contributed by atoms with Crippen LogP contribution >= 0.6 is 0 Å². The lowest BCUT2D eigenvalue weighted by Crippen LogP contribution is -2.39. The molecule has 1 fully saturated rings. The molecule has 1 aliphatic heterocycles. The highest BCUT2D eigenvalue weighted by molar-refractivity contribution is 8.05. The minimum Gasteiger partial charge on any atom is -0.449 e. The zero-order valence-electron chi connectivity index (χ0n) is 16.7. The maximum Gasteiger partial charge on any atom is 0.425 e. The number of fused-ring (bicyclic) bond motifs is 1. The predicted octanol–water partition coefficient (Wildman–Crippen LogP) is 2.59. The van der Waals surface area contributed by atoms with Gasteiger partial charge < -0.3 is 10.1 Å². The topological polar surface area (TPSA) is 110 Å². The fourth-order valence-corrected chi connectivity index (χ4v) is 5.65. The van der Waals surface area contributed by atoms with Crippen molar-refractivity contribution in [3.05, 3.63) is 71.3 Å². The van der Waals surface area contributed by atoms with Gasteiger partial charge in [-0.15, -0.1) is 0 Å². The maximum atomic E-state index is 13.1. The number of sulfone groups is 1. The van der Waals surface area contributed by atoms with E-state index in [9.17, 15) is 22.8 Å². The van der Waals surface area contributed by atoms with E-state index in [-0.39, 0.29) is 37.9 Å². The van der Waals surface area contributed by atoms with Crippen LogP contribution in [0.25, 0.3) is 0 Å². The molecule has 0 aromatic heterocycles. The number of hydrogen-bond donors (Lipinski definition) is 1. The second-order valence-corrected chi connectivity index (χ2v) is 9.72. The quantitative estimate of drug-likeness (QED) is 0.563. The Kier molecular flexibility index (Phi) is 5.77. The number of ether oxygens (including phenoxy) is 1. The summed E-state index contributed by atoms with van der Waals surface area (Å²) in [4.78, 5) is 37.5. The maximum absolute atomic E-state index is 13.1. The molecular formula is C22H22N2O6S. The van der Waals surface area contributed by atoms with Crippen molar-refractivity contribution in [3.8, 4) is 0 Å². The molecule has 1 heterocycles. The fourth-order valence-electron chi connectivity index (χ4n) is 4.10. The van der Waals surface area contributed by atoms with Gasteiger partial charge in [-0.25, -0.2) is 18.0 Å². The molecule has 2 aromatic carbocycles. The number of amides is 3. The summed E-state index contributed by atoms with van der Waals surface area (Å²) in [5.74, 6) is -0.630. The number of nitrogens with zero attached hydrogens (tertiary/aromatic N) is 1. The van der Waals surface area contributed by atoms with E-state index in [1.165, 1.54) is 0 Å². The first-order valence-electron chi connectivity index (χ1n) is 9.97. The van der Waals surface area contributed by atoms with Crippen molar-refractivity contribution in [2.45, 2.75) is 24.7 Å². The Bertz CT molecular complexity index is 1100. The van der Waals surface area contributed by atoms with E-state index in [2.05, 4.69) is 5.32 Å². The standard InChI is InChI=1S/C22H22N2O6S/c25-20-12-23-21(26)24(20)13-16-10-17-8-4-5-9-18(17)19(11-16)31(28,29)22(27)30-14-15-6-2-1-3-7-15/h1-9,16,19H,10-14H2,(H,23,26)/t16-,19?/m1/s1. The van der Waals surface area contributed by atoms with Crippen molar-refractivity contribution in [3.63, 3.8) is 0 Å². The smallest absolute Gasteiger partial charge is 0.425 e. The van der Waals surface area contributed by atoms with Gasteiger partial charge in [-0.1, -0.05) is 54.6 Å². The lowest BCUT2D eigenvalue weighted by Gasteiger charge is -2.32. The van der Waals surface area contributed by atoms with Crippen LogP contribution in [0.2, 0.25) is 0 Å². The van der Waals surface area contributed by atoms with Gasteiger partial charge in [0.2, 0.25) is 5.91 Å². The number of rotatable bonds is 5. The van der Waals surface area contributed by atoms with Crippen LogP contribution < -0.4 is 5.32 Å². The normalized spacial score (nSPS) is 20.8. The largest absolute Gasteiger partial charge is 0.449 e. The van der Waals surface area contributed by atoms with Crippen LogP contribution in [0.15, 0.2) is 54.6 Å². The summed E-state index contributed by atoms with van der Waals surface area (Å²) in [7, 11) is -4.30. The van der Waals surface area contributed by atoms with Crippen LogP contribution in [0.4, 0.5) is 9.59 Å². The van der Waals surface area contributed by atoms with Crippen molar-refractivity contribution in [2.75, 3.05) is 13.1 Å². The zero-order valence-corrected chi connectivity index (χ0v) is 17.5. The van der Waals surface area contributed by atoms with E-state index in [0.717, 1.165) is 10.5 Å². The predicted molar refractivity (Wildman–Crippen MR) is 112 cm³/mol. The Morgan fingerprint density at radius 2 is 1.77 bits per heavy atom. The molecule has 1 aliphatic carbocycles.